The molecule has 2 N–H and O–H groups in total. The Morgan fingerprint density at radius 2 is 2.10 bits per heavy atom. The van der Waals surface area contributed by atoms with E-state index in [1.165, 1.54) is 25.8 Å². The van der Waals surface area contributed by atoms with Gasteiger partial charge in [0.25, 0.3) is 0 Å². The van der Waals surface area contributed by atoms with Crippen LogP contribution in [0.5, 0.6) is 0 Å². The normalized spacial score (nSPS) is 42.5. The van der Waals surface area contributed by atoms with Gasteiger partial charge in [-0.25, -0.2) is 8.42 Å². The van der Waals surface area contributed by atoms with Crippen LogP contribution in [0.25, 0.3) is 0 Å². The fourth-order valence-electron chi connectivity index (χ4n) is 4.42. The van der Waals surface area contributed by atoms with Gasteiger partial charge in [-0.3, -0.25) is 9.80 Å². The minimum Gasteiger partial charge on any atom is -0.329 e. The van der Waals surface area contributed by atoms with Crippen LogP contribution >= 0.6 is 0 Å². The van der Waals surface area contributed by atoms with Crippen LogP contribution < -0.4 is 5.73 Å². The number of rotatable bonds is 2. The van der Waals surface area contributed by atoms with Crippen LogP contribution in [0.2, 0.25) is 0 Å². The first-order valence-electron chi connectivity index (χ1n) is 7.87. The van der Waals surface area contributed by atoms with Gasteiger partial charge in [-0.05, 0) is 32.7 Å². The first-order chi connectivity index (χ1) is 9.46. The molecule has 3 unspecified atom stereocenters. The molecule has 6 heteroatoms. The quantitative estimate of drug-likeness (QED) is 0.781. The maximum absolute atomic E-state index is 11.9. The van der Waals surface area contributed by atoms with Gasteiger partial charge in [0.1, 0.15) is 0 Å². The molecule has 0 aromatic carbocycles. The molecule has 0 saturated carbocycles. The average molecular weight is 301 g/mol. The molecule has 0 aromatic rings. The number of sulfone groups is 1. The molecule has 3 fully saturated rings. The van der Waals surface area contributed by atoms with E-state index < -0.39 is 9.84 Å². The van der Waals surface area contributed by atoms with Gasteiger partial charge in [0.2, 0.25) is 0 Å². The zero-order valence-corrected chi connectivity index (χ0v) is 13.2. The van der Waals surface area contributed by atoms with E-state index in [2.05, 4.69) is 16.7 Å². The topological polar surface area (TPSA) is 66.6 Å². The Balaban J connectivity index is 1.81. The standard InChI is InChI=1S/C14H27N3O2S/c1-12-8-16-6-3-2-4-13(16)9-17(12)14(10-15)5-7-20(18,19)11-14/h12-13H,2-11,15H2,1H3. The predicted octanol–water partition coefficient (Wildman–Crippen LogP) is 0.0610. The van der Waals surface area contributed by atoms with E-state index in [1.54, 1.807) is 0 Å². The van der Waals surface area contributed by atoms with E-state index in [-0.39, 0.29) is 11.3 Å². The molecular weight excluding hydrogens is 274 g/mol. The molecule has 3 heterocycles. The molecular formula is C14H27N3O2S. The molecule has 3 aliphatic heterocycles. The van der Waals surface area contributed by atoms with Crippen LogP contribution in [0.15, 0.2) is 0 Å². The summed E-state index contributed by atoms with van der Waals surface area (Å²) in [5.41, 5.74) is 5.73. The molecule has 0 aromatic heterocycles. The van der Waals surface area contributed by atoms with E-state index in [4.69, 9.17) is 5.73 Å². The number of piperidine rings is 1. The van der Waals surface area contributed by atoms with Crippen molar-refractivity contribution in [2.24, 2.45) is 5.73 Å². The second-order valence-electron chi connectivity index (χ2n) is 6.92. The van der Waals surface area contributed by atoms with Crippen LogP contribution in [-0.2, 0) is 9.84 Å². The Kier molecular flexibility index (Phi) is 3.86. The zero-order chi connectivity index (χ0) is 14.4. The number of fused-ring (bicyclic) bond motifs is 1. The van der Waals surface area contributed by atoms with E-state index >= 15 is 0 Å². The molecule has 3 rings (SSSR count). The van der Waals surface area contributed by atoms with Crippen molar-refractivity contribution in [2.75, 3.05) is 37.7 Å². The summed E-state index contributed by atoms with van der Waals surface area (Å²) in [4.78, 5) is 5.03. The van der Waals surface area contributed by atoms with E-state index in [1.807, 2.05) is 0 Å². The summed E-state index contributed by atoms with van der Waals surface area (Å²) in [6.45, 7) is 5.95. The zero-order valence-electron chi connectivity index (χ0n) is 12.4. The lowest BCUT2D eigenvalue weighted by molar-refractivity contribution is -0.0362. The Labute approximate surface area is 122 Å². The SMILES string of the molecule is CC1CN2CCCCC2CN1C1(CN)CCS(=O)(=O)C1. The Hall–Kier alpha value is -0.170. The van der Waals surface area contributed by atoms with Gasteiger partial charge in [-0.15, -0.1) is 0 Å². The van der Waals surface area contributed by atoms with Gasteiger partial charge < -0.3 is 5.73 Å². The highest BCUT2D eigenvalue weighted by atomic mass is 32.2. The summed E-state index contributed by atoms with van der Waals surface area (Å²) < 4.78 is 23.9. The minimum atomic E-state index is -2.90. The lowest BCUT2D eigenvalue weighted by Crippen LogP contribution is -2.67. The smallest absolute Gasteiger partial charge is 0.152 e. The lowest BCUT2D eigenvalue weighted by Gasteiger charge is -2.53. The summed E-state index contributed by atoms with van der Waals surface area (Å²) in [5.74, 6) is 0.565. The third kappa shape index (κ3) is 2.51. The molecule has 20 heavy (non-hydrogen) atoms. The van der Waals surface area contributed by atoms with Crippen molar-refractivity contribution in [1.82, 2.24) is 9.80 Å². The highest BCUT2D eigenvalue weighted by molar-refractivity contribution is 7.91. The van der Waals surface area contributed by atoms with Crippen molar-refractivity contribution in [2.45, 2.75) is 50.2 Å². The highest BCUT2D eigenvalue weighted by Crippen LogP contribution is 2.35. The first-order valence-corrected chi connectivity index (χ1v) is 9.69. The van der Waals surface area contributed by atoms with E-state index in [9.17, 15) is 8.42 Å². The molecule has 116 valence electrons. The third-order valence-electron chi connectivity index (χ3n) is 5.54. The maximum atomic E-state index is 11.9. The lowest BCUT2D eigenvalue weighted by atomic mass is 9.89. The predicted molar refractivity (Wildman–Crippen MR) is 80.4 cm³/mol. The molecule has 0 bridgehead atoms. The van der Waals surface area contributed by atoms with Crippen LogP contribution in [0, 0.1) is 0 Å². The Morgan fingerprint density at radius 3 is 2.75 bits per heavy atom. The van der Waals surface area contributed by atoms with Gasteiger partial charge in [0, 0.05) is 37.3 Å². The van der Waals surface area contributed by atoms with Crippen molar-refractivity contribution < 1.29 is 8.42 Å². The fraction of sp³-hybridized carbons (Fsp3) is 1.00. The van der Waals surface area contributed by atoms with Crippen molar-refractivity contribution in [3.63, 3.8) is 0 Å². The molecule has 0 spiro atoms. The summed E-state index contributed by atoms with van der Waals surface area (Å²) in [6.07, 6.45) is 4.57. The minimum absolute atomic E-state index is 0.257. The number of nitrogens with two attached hydrogens (primary N) is 1. The molecule has 3 atom stereocenters. The van der Waals surface area contributed by atoms with Gasteiger partial charge >= 0.3 is 0 Å². The highest BCUT2D eigenvalue weighted by Gasteiger charge is 2.49. The van der Waals surface area contributed by atoms with E-state index in [0.717, 1.165) is 13.1 Å². The van der Waals surface area contributed by atoms with Crippen molar-refractivity contribution in [1.29, 1.82) is 0 Å². The van der Waals surface area contributed by atoms with Gasteiger partial charge in [0.05, 0.1) is 11.5 Å². The van der Waals surface area contributed by atoms with Gasteiger partial charge in [-0.2, -0.15) is 0 Å². The Bertz CT molecular complexity index is 467. The molecule has 0 radical (unpaired) electrons. The molecule has 3 saturated heterocycles. The number of hydrogen-bond donors (Lipinski definition) is 1. The average Bonchev–Trinajstić information content (AvgIpc) is 2.75. The second-order valence-corrected chi connectivity index (χ2v) is 9.10. The third-order valence-corrected chi connectivity index (χ3v) is 7.35. The largest absolute Gasteiger partial charge is 0.329 e. The molecule has 0 amide bonds. The van der Waals surface area contributed by atoms with E-state index in [0.29, 0.717) is 30.8 Å². The fourth-order valence-corrected chi connectivity index (χ4v) is 6.50. The summed E-state index contributed by atoms with van der Waals surface area (Å²) in [6, 6.07) is 1.01. The van der Waals surface area contributed by atoms with Crippen molar-refractivity contribution in [3.05, 3.63) is 0 Å². The van der Waals surface area contributed by atoms with Crippen LogP contribution in [0.3, 0.4) is 0 Å². The second kappa shape index (κ2) is 5.23. The summed E-state index contributed by atoms with van der Waals surface area (Å²) in [7, 11) is -2.90. The summed E-state index contributed by atoms with van der Waals surface area (Å²) >= 11 is 0. The number of piperazine rings is 1. The van der Waals surface area contributed by atoms with Crippen LogP contribution in [-0.4, -0.2) is 73.5 Å². The van der Waals surface area contributed by atoms with Crippen LogP contribution in [0.1, 0.15) is 32.6 Å². The molecule has 3 aliphatic rings. The monoisotopic (exact) mass is 301 g/mol. The maximum Gasteiger partial charge on any atom is 0.152 e. The summed E-state index contributed by atoms with van der Waals surface area (Å²) in [5, 5.41) is 0. The van der Waals surface area contributed by atoms with Crippen molar-refractivity contribution in [3.8, 4) is 0 Å². The Morgan fingerprint density at radius 1 is 1.30 bits per heavy atom. The van der Waals surface area contributed by atoms with Crippen molar-refractivity contribution >= 4 is 9.84 Å². The van der Waals surface area contributed by atoms with Gasteiger partial charge in [-0.1, -0.05) is 6.42 Å². The number of nitrogens with zero attached hydrogens (tertiary/aromatic N) is 2. The number of hydrogen-bond acceptors (Lipinski definition) is 5. The molecule has 0 aliphatic carbocycles. The first kappa shape index (κ1) is 14.8. The van der Waals surface area contributed by atoms with Crippen LogP contribution in [0.4, 0.5) is 0 Å². The van der Waals surface area contributed by atoms with Gasteiger partial charge in [0.15, 0.2) is 9.84 Å². The molecule has 5 nitrogen and oxygen atoms in total.